The molecule has 3 heteroatoms. The Hall–Kier alpha value is -1.06. The zero-order chi connectivity index (χ0) is 13.7. The second-order valence-electron chi connectivity index (χ2n) is 5.43. The summed E-state index contributed by atoms with van der Waals surface area (Å²) in [6.07, 6.45) is 3.61. The van der Waals surface area contributed by atoms with E-state index in [1.165, 1.54) is 42.7 Å². The highest BCUT2D eigenvalue weighted by molar-refractivity contribution is 5.59. The predicted molar refractivity (Wildman–Crippen MR) is 82.5 cm³/mol. The van der Waals surface area contributed by atoms with Gasteiger partial charge in [0, 0.05) is 24.8 Å². The monoisotopic (exact) mass is 261 g/mol. The van der Waals surface area contributed by atoms with E-state index in [0.717, 1.165) is 13.0 Å². The van der Waals surface area contributed by atoms with Crippen molar-refractivity contribution >= 4 is 5.69 Å². The summed E-state index contributed by atoms with van der Waals surface area (Å²) in [5.41, 5.74) is 9.77. The van der Waals surface area contributed by atoms with Crippen LogP contribution in [0.2, 0.25) is 0 Å². The number of rotatable bonds is 6. The molecule has 0 bridgehead atoms. The van der Waals surface area contributed by atoms with Crippen molar-refractivity contribution in [3.63, 3.8) is 0 Å². The minimum atomic E-state index is 0.620. The molecule has 0 aromatic heterocycles. The summed E-state index contributed by atoms with van der Waals surface area (Å²) in [7, 11) is 0. The molecule has 1 aliphatic rings. The molecule has 3 nitrogen and oxygen atoms in total. The van der Waals surface area contributed by atoms with Crippen LogP contribution in [0.4, 0.5) is 5.69 Å². The summed E-state index contributed by atoms with van der Waals surface area (Å²) in [6, 6.07) is 7.13. The maximum absolute atomic E-state index is 5.81. The van der Waals surface area contributed by atoms with Gasteiger partial charge in [-0.25, -0.2) is 0 Å². The highest BCUT2D eigenvalue weighted by Crippen LogP contribution is 2.27. The number of nitrogens with zero attached hydrogens (tertiary/aromatic N) is 1. The van der Waals surface area contributed by atoms with Crippen molar-refractivity contribution in [1.29, 1.82) is 0 Å². The Bertz CT molecular complexity index is 397. The Morgan fingerprint density at radius 1 is 1.26 bits per heavy atom. The van der Waals surface area contributed by atoms with Gasteiger partial charge in [0.2, 0.25) is 0 Å². The van der Waals surface area contributed by atoms with Crippen molar-refractivity contribution in [3.8, 4) is 0 Å². The number of anilines is 1. The lowest BCUT2D eigenvalue weighted by Gasteiger charge is -2.36. The molecule has 1 aromatic rings. The highest BCUT2D eigenvalue weighted by Gasteiger charge is 2.24. The number of hydrogen-bond donors (Lipinski definition) is 2. The number of nitrogens with two attached hydrogens (primary N) is 1. The van der Waals surface area contributed by atoms with Crippen molar-refractivity contribution in [2.45, 2.75) is 45.7 Å². The fourth-order valence-electron chi connectivity index (χ4n) is 3.08. The van der Waals surface area contributed by atoms with Crippen LogP contribution in [0.3, 0.4) is 0 Å². The van der Waals surface area contributed by atoms with Crippen molar-refractivity contribution in [3.05, 3.63) is 29.3 Å². The number of hydrogen-bond acceptors (Lipinski definition) is 3. The van der Waals surface area contributed by atoms with Gasteiger partial charge in [-0.1, -0.05) is 32.0 Å². The van der Waals surface area contributed by atoms with Crippen molar-refractivity contribution in [2.75, 3.05) is 25.0 Å². The molecule has 0 radical (unpaired) electrons. The summed E-state index contributed by atoms with van der Waals surface area (Å²) < 4.78 is 0. The maximum Gasteiger partial charge on any atom is 0.0419 e. The summed E-state index contributed by atoms with van der Waals surface area (Å²) in [5.74, 6) is 0. The van der Waals surface area contributed by atoms with Crippen LogP contribution in [-0.4, -0.2) is 30.6 Å². The second kappa shape index (κ2) is 6.92. The van der Waals surface area contributed by atoms with E-state index in [-0.39, 0.29) is 0 Å². The van der Waals surface area contributed by atoms with E-state index < -0.39 is 0 Å². The molecule has 0 amide bonds. The van der Waals surface area contributed by atoms with Gasteiger partial charge >= 0.3 is 0 Å². The predicted octanol–water partition coefficient (Wildman–Crippen LogP) is 2.60. The standard InChI is InChI=1S/C16H27N3/c1-3-8-19(9-4-2)15-10-13-6-5-7-14(11-17)16(13)18-12-15/h5-7,15,18H,3-4,8-12,17H2,1-2H3/t15-/m0/s1. The van der Waals surface area contributed by atoms with E-state index in [4.69, 9.17) is 5.73 Å². The van der Waals surface area contributed by atoms with Gasteiger partial charge < -0.3 is 11.1 Å². The van der Waals surface area contributed by atoms with Crippen LogP contribution in [0, 0.1) is 0 Å². The molecule has 0 saturated carbocycles. The number of fused-ring (bicyclic) bond motifs is 1. The molecule has 2 rings (SSSR count). The molecule has 19 heavy (non-hydrogen) atoms. The first-order chi connectivity index (χ1) is 9.30. The molecule has 0 saturated heterocycles. The molecule has 1 aliphatic heterocycles. The van der Waals surface area contributed by atoms with Crippen LogP contribution in [0.15, 0.2) is 18.2 Å². The number of nitrogens with one attached hydrogen (secondary N) is 1. The molecule has 0 fully saturated rings. The van der Waals surface area contributed by atoms with Gasteiger partial charge in [-0.3, -0.25) is 4.90 Å². The summed E-state index contributed by atoms with van der Waals surface area (Å²) in [4.78, 5) is 2.63. The zero-order valence-corrected chi connectivity index (χ0v) is 12.3. The van der Waals surface area contributed by atoms with Crippen LogP contribution < -0.4 is 11.1 Å². The van der Waals surface area contributed by atoms with E-state index in [9.17, 15) is 0 Å². The first kappa shape index (κ1) is 14.4. The summed E-state index contributed by atoms with van der Waals surface area (Å²) >= 11 is 0. The lowest BCUT2D eigenvalue weighted by atomic mass is 9.95. The van der Waals surface area contributed by atoms with Gasteiger partial charge in [0.15, 0.2) is 0 Å². The van der Waals surface area contributed by atoms with Crippen LogP contribution in [0.25, 0.3) is 0 Å². The molecule has 0 unspecified atom stereocenters. The summed E-state index contributed by atoms with van der Waals surface area (Å²) in [5, 5.41) is 3.61. The minimum absolute atomic E-state index is 0.620. The highest BCUT2D eigenvalue weighted by atomic mass is 15.2. The Labute approximate surface area is 117 Å². The second-order valence-corrected chi connectivity index (χ2v) is 5.43. The van der Waals surface area contributed by atoms with E-state index >= 15 is 0 Å². The quantitative estimate of drug-likeness (QED) is 0.827. The molecule has 1 heterocycles. The largest absolute Gasteiger partial charge is 0.383 e. The van der Waals surface area contributed by atoms with E-state index in [1.807, 2.05) is 0 Å². The Balaban J connectivity index is 2.12. The van der Waals surface area contributed by atoms with Crippen molar-refractivity contribution < 1.29 is 0 Å². The van der Waals surface area contributed by atoms with Gasteiger partial charge in [-0.15, -0.1) is 0 Å². The lowest BCUT2D eigenvalue weighted by molar-refractivity contribution is 0.200. The topological polar surface area (TPSA) is 41.3 Å². The fraction of sp³-hybridized carbons (Fsp3) is 0.625. The molecular weight excluding hydrogens is 234 g/mol. The van der Waals surface area contributed by atoms with Crippen LogP contribution in [0.1, 0.15) is 37.8 Å². The van der Waals surface area contributed by atoms with Crippen molar-refractivity contribution in [1.82, 2.24) is 4.90 Å². The normalized spacial score (nSPS) is 18.2. The SMILES string of the molecule is CCCN(CCC)[C@@H]1CNc2c(CN)cccc2C1. The first-order valence-electron chi connectivity index (χ1n) is 7.58. The average Bonchev–Trinajstić information content (AvgIpc) is 2.45. The van der Waals surface area contributed by atoms with E-state index in [1.54, 1.807) is 0 Å². The van der Waals surface area contributed by atoms with Crippen molar-refractivity contribution in [2.24, 2.45) is 5.73 Å². The Kier molecular flexibility index (Phi) is 5.23. The summed E-state index contributed by atoms with van der Waals surface area (Å²) in [6.45, 7) is 8.59. The molecule has 0 aliphatic carbocycles. The Morgan fingerprint density at radius 3 is 2.63 bits per heavy atom. The molecular formula is C16H27N3. The van der Waals surface area contributed by atoms with Crippen LogP contribution in [0.5, 0.6) is 0 Å². The third-order valence-corrected chi connectivity index (χ3v) is 3.97. The fourth-order valence-corrected chi connectivity index (χ4v) is 3.08. The zero-order valence-electron chi connectivity index (χ0n) is 12.3. The smallest absolute Gasteiger partial charge is 0.0419 e. The first-order valence-corrected chi connectivity index (χ1v) is 7.58. The lowest BCUT2D eigenvalue weighted by Crippen LogP contribution is -2.45. The van der Waals surface area contributed by atoms with Gasteiger partial charge in [0.05, 0.1) is 0 Å². The van der Waals surface area contributed by atoms with Gasteiger partial charge in [0.25, 0.3) is 0 Å². The Morgan fingerprint density at radius 2 is 2.00 bits per heavy atom. The molecule has 1 aromatic carbocycles. The van der Waals surface area contributed by atoms with Gasteiger partial charge in [0.1, 0.15) is 0 Å². The van der Waals surface area contributed by atoms with E-state index in [2.05, 4.69) is 42.3 Å². The third-order valence-electron chi connectivity index (χ3n) is 3.97. The minimum Gasteiger partial charge on any atom is -0.383 e. The van der Waals surface area contributed by atoms with E-state index in [0.29, 0.717) is 12.6 Å². The van der Waals surface area contributed by atoms with Crippen LogP contribution in [-0.2, 0) is 13.0 Å². The van der Waals surface area contributed by atoms with Gasteiger partial charge in [-0.05, 0) is 43.5 Å². The number of para-hydroxylation sites is 1. The van der Waals surface area contributed by atoms with Crippen LogP contribution >= 0.6 is 0 Å². The average molecular weight is 261 g/mol. The molecule has 106 valence electrons. The molecule has 0 spiro atoms. The van der Waals surface area contributed by atoms with Gasteiger partial charge in [-0.2, -0.15) is 0 Å². The third kappa shape index (κ3) is 3.28. The maximum atomic E-state index is 5.81. The number of benzene rings is 1. The molecule has 3 N–H and O–H groups in total. The molecule has 1 atom stereocenters.